The third-order valence-corrected chi connectivity index (χ3v) is 2.74. The minimum atomic E-state index is -0.342. The van der Waals surface area contributed by atoms with Gasteiger partial charge in [-0.3, -0.25) is 15.2 Å². The second-order valence-corrected chi connectivity index (χ2v) is 4.43. The van der Waals surface area contributed by atoms with Crippen LogP contribution in [0.15, 0.2) is 4.79 Å². The molecular weight excluding hydrogens is 402 g/mol. The molecule has 106 valence electrons. The summed E-state index contributed by atoms with van der Waals surface area (Å²) in [6.07, 6.45) is 0.569. The first-order chi connectivity index (χ1) is 8.06. The number of amidine groups is 1. The second kappa shape index (κ2) is 7.50. The zero-order chi connectivity index (χ0) is 12.4. The monoisotopic (exact) mass is 413 g/mol. The number of aromatic nitrogens is 4. The first kappa shape index (κ1) is 17.9. The molecule has 19 heavy (non-hydrogen) atoms. The third-order valence-electron chi connectivity index (χ3n) is 2.03. The predicted octanol–water partition coefficient (Wildman–Crippen LogP) is 0.553. The molecule has 2 heterocycles. The maximum Gasteiger partial charge on any atom is 0.278 e. The van der Waals surface area contributed by atoms with Crippen LogP contribution in [0.5, 0.6) is 0 Å². The Bertz CT molecular complexity index is 625. The Morgan fingerprint density at radius 3 is 2.63 bits per heavy atom. The van der Waals surface area contributed by atoms with Gasteiger partial charge in [-0.1, -0.05) is 11.8 Å². The first-order valence-electron chi connectivity index (χ1n) is 4.77. The largest absolute Gasteiger partial charge is 0.379 e. The van der Waals surface area contributed by atoms with Gasteiger partial charge in [0.2, 0.25) is 5.95 Å². The van der Waals surface area contributed by atoms with Crippen molar-refractivity contribution in [2.24, 2.45) is 5.73 Å². The summed E-state index contributed by atoms with van der Waals surface area (Å²) in [5.41, 5.74) is 10.9. The lowest BCUT2D eigenvalue weighted by Gasteiger charge is -1.94. The van der Waals surface area contributed by atoms with Gasteiger partial charge in [0.15, 0.2) is 16.3 Å². The summed E-state index contributed by atoms with van der Waals surface area (Å²) in [5, 5.41) is 7.11. The van der Waals surface area contributed by atoms with Gasteiger partial charge in [0.05, 0.1) is 0 Å². The van der Waals surface area contributed by atoms with Crippen molar-refractivity contribution >= 4 is 68.0 Å². The molecule has 0 aliphatic heterocycles. The van der Waals surface area contributed by atoms with E-state index in [4.69, 9.17) is 16.9 Å². The number of imidazole rings is 1. The Balaban J connectivity index is 0.00000162. The van der Waals surface area contributed by atoms with Crippen LogP contribution in [0.2, 0.25) is 0 Å². The van der Waals surface area contributed by atoms with Crippen molar-refractivity contribution in [3.05, 3.63) is 16.2 Å². The summed E-state index contributed by atoms with van der Waals surface area (Å²) >= 11 is 1.21. The Kier molecular flexibility index (Phi) is 7.08. The van der Waals surface area contributed by atoms with Gasteiger partial charge in [-0.2, -0.15) is 4.98 Å². The fraction of sp³-hybridized carbons (Fsp3) is 0.250. The van der Waals surface area contributed by atoms with Gasteiger partial charge >= 0.3 is 0 Å². The molecule has 7 N–H and O–H groups in total. The van der Waals surface area contributed by atoms with Crippen molar-refractivity contribution in [1.82, 2.24) is 19.9 Å². The molecule has 0 atom stereocenters. The molecule has 8 nitrogen and oxygen atoms in total. The Labute approximate surface area is 133 Å². The predicted molar refractivity (Wildman–Crippen MR) is 87.6 cm³/mol. The minimum Gasteiger partial charge on any atom is -0.379 e. The van der Waals surface area contributed by atoms with Crippen molar-refractivity contribution in [3.63, 3.8) is 0 Å². The fourth-order valence-electron chi connectivity index (χ4n) is 1.35. The van der Waals surface area contributed by atoms with E-state index in [-0.39, 0.29) is 50.6 Å². The van der Waals surface area contributed by atoms with Crippen LogP contribution in [0, 0.1) is 5.41 Å². The summed E-state index contributed by atoms with van der Waals surface area (Å²) < 4.78 is 0. The fourth-order valence-corrected chi connectivity index (χ4v) is 1.86. The Hall–Kier alpha value is -1.07. The Morgan fingerprint density at radius 2 is 2.00 bits per heavy atom. The molecule has 0 aliphatic rings. The third kappa shape index (κ3) is 4.51. The number of thioether (sulfide) groups is 1. The molecular formula is C8H13Br2N7OS. The highest BCUT2D eigenvalue weighted by Crippen LogP contribution is 2.08. The molecule has 0 radical (unpaired) electrons. The minimum absolute atomic E-state index is 0. The molecule has 2 aromatic heterocycles. The number of H-pyrrole nitrogens is 2. The zero-order valence-corrected chi connectivity index (χ0v) is 13.8. The van der Waals surface area contributed by atoms with Gasteiger partial charge in [-0.05, 0) is 0 Å². The quantitative estimate of drug-likeness (QED) is 0.365. The number of halogens is 2. The molecule has 0 aromatic carbocycles. The van der Waals surface area contributed by atoms with E-state index in [1.54, 1.807) is 0 Å². The molecule has 0 unspecified atom stereocenters. The number of aromatic amines is 2. The lowest BCUT2D eigenvalue weighted by Crippen LogP contribution is -2.10. The summed E-state index contributed by atoms with van der Waals surface area (Å²) in [7, 11) is 0. The summed E-state index contributed by atoms with van der Waals surface area (Å²) in [5.74, 6) is 1.28. The maximum atomic E-state index is 11.5. The van der Waals surface area contributed by atoms with Crippen LogP contribution < -0.4 is 17.0 Å². The number of nitrogens with two attached hydrogens (primary N) is 2. The van der Waals surface area contributed by atoms with Crippen LogP contribution >= 0.6 is 45.7 Å². The van der Waals surface area contributed by atoms with E-state index >= 15 is 0 Å². The molecule has 0 bridgehead atoms. The molecule has 2 rings (SSSR count). The standard InChI is InChI=1S/C8H11N7OS.2BrH/c9-7(10)17-2-1-3-12-4-5(13-3)14-8(11)15-6(4)16;;/h1-2H2,(H3,9,10)(H4,11,12,13,14,15,16);2*1H. The van der Waals surface area contributed by atoms with Gasteiger partial charge < -0.3 is 16.5 Å². The number of nitrogens with one attached hydrogen (secondary N) is 3. The average Bonchev–Trinajstić information content (AvgIpc) is 2.60. The van der Waals surface area contributed by atoms with E-state index in [9.17, 15) is 4.79 Å². The number of nitrogen functional groups attached to an aromatic ring is 1. The van der Waals surface area contributed by atoms with Crippen LogP contribution in [0.3, 0.4) is 0 Å². The van der Waals surface area contributed by atoms with Crippen LogP contribution in [-0.4, -0.2) is 30.9 Å². The van der Waals surface area contributed by atoms with Crippen molar-refractivity contribution in [3.8, 4) is 0 Å². The van der Waals surface area contributed by atoms with Crippen molar-refractivity contribution in [1.29, 1.82) is 5.41 Å². The van der Waals surface area contributed by atoms with Crippen molar-refractivity contribution < 1.29 is 0 Å². The topological polar surface area (TPSA) is 150 Å². The number of anilines is 1. The molecule has 0 aliphatic carbocycles. The van der Waals surface area contributed by atoms with Crippen LogP contribution in [-0.2, 0) is 6.42 Å². The Morgan fingerprint density at radius 1 is 1.32 bits per heavy atom. The normalized spacial score (nSPS) is 9.68. The number of hydrogen-bond acceptors (Lipinski definition) is 6. The number of rotatable bonds is 3. The van der Waals surface area contributed by atoms with E-state index in [0.717, 1.165) is 0 Å². The van der Waals surface area contributed by atoms with Crippen LogP contribution in [0.1, 0.15) is 5.82 Å². The summed E-state index contributed by atoms with van der Waals surface area (Å²) in [4.78, 5) is 24.8. The molecule has 0 spiro atoms. The smallest absolute Gasteiger partial charge is 0.278 e. The van der Waals surface area contributed by atoms with Gasteiger partial charge in [0.1, 0.15) is 5.82 Å². The number of fused-ring (bicyclic) bond motifs is 1. The zero-order valence-electron chi connectivity index (χ0n) is 9.60. The van der Waals surface area contributed by atoms with E-state index in [2.05, 4.69) is 19.9 Å². The number of hydrogen-bond donors (Lipinski definition) is 5. The second-order valence-electron chi connectivity index (χ2n) is 3.30. The highest BCUT2D eigenvalue weighted by Gasteiger charge is 2.08. The molecule has 0 amide bonds. The average molecular weight is 415 g/mol. The van der Waals surface area contributed by atoms with Crippen molar-refractivity contribution in [2.45, 2.75) is 6.42 Å². The molecule has 2 aromatic rings. The summed E-state index contributed by atoms with van der Waals surface area (Å²) in [6, 6.07) is 0. The van der Waals surface area contributed by atoms with Gasteiger partial charge in [0.25, 0.3) is 5.56 Å². The molecule has 11 heteroatoms. The van der Waals surface area contributed by atoms with Gasteiger partial charge in [-0.15, -0.1) is 34.0 Å². The maximum absolute atomic E-state index is 11.5. The lowest BCUT2D eigenvalue weighted by atomic mass is 10.5. The van der Waals surface area contributed by atoms with Gasteiger partial charge in [-0.25, -0.2) is 4.98 Å². The number of nitrogens with zero attached hydrogens (tertiary/aromatic N) is 2. The van der Waals surface area contributed by atoms with Crippen molar-refractivity contribution in [2.75, 3.05) is 11.5 Å². The SMILES string of the molecule is Br.Br.N=C(N)SCCc1nc2nc(N)[nH]c(=O)c2[nH]1. The lowest BCUT2D eigenvalue weighted by molar-refractivity contribution is 1.01. The summed E-state index contributed by atoms with van der Waals surface area (Å²) in [6.45, 7) is 0. The molecule has 0 saturated carbocycles. The molecule has 0 saturated heterocycles. The molecule has 0 fully saturated rings. The number of aryl methyl sites for hydroxylation is 1. The highest BCUT2D eigenvalue weighted by molar-refractivity contribution is 8.93. The van der Waals surface area contributed by atoms with E-state index in [1.165, 1.54) is 11.8 Å². The van der Waals surface area contributed by atoms with E-state index < -0.39 is 0 Å². The van der Waals surface area contributed by atoms with Crippen LogP contribution in [0.4, 0.5) is 5.95 Å². The highest BCUT2D eigenvalue weighted by atomic mass is 79.9. The van der Waals surface area contributed by atoms with Gasteiger partial charge in [0, 0.05) is 12.2 Å². The first-order valence-corrected chi connectivity index (χ1v) is 5.76. The van der Waals surface area contributed by atoms with E-state index in [1.807, 2.05) is 0 Å². The van der Waals surface area contributed by atoms with E-state index in [0.29, 0.717) is 29.2 Å². The van der Waals surface area contributed by atoms with Crippen LogP contribution in [0.25, 0.3) is 11.2 Å².